The van der Waals surface area contributed by atoms with E-state index in [-0.39, 0.29) is 23.6 Å². The molecule has 2 aliphatic carbocycles. The third-order valence-corrected chi connectivity index (χ3v) is 6.43. The number of carbonyl (C=O) groups excluding carboxylic acids is 2. The fraction of sp³-hybridized carbons (Fsp3) is 0.462. The molecule has 1 heterocycles. The van der Waals surface area contributed by atoms with Crippen molar-refractivity contribution in [1.82, 2.24) is 10.2 Å². The van der Waals surface area contributed by atoms with Crippen molar-refractivity contribution in [3.63, 3.8) is 0 Å². The Labute approximate surface area is 184 Å². The van der Waals surface area contributed by atoms with Crippen LogP contribution < -0.4 is 5.32 Å². The van der Waals surface area contributed by atoms with Crippen LogP contribution in [0, 0.1) is 0 Å². The van der Waals surface area contributed by atoms with Crippen molar-refractivity contribution in [2.24, 2.45) is 0 Å². The summed E-state index contributed by atoms with van der Waals surface area (Å²) in [6.45, 7) is 0.489. The maximum atomic E-state index is 13.5. The first-order valence-corrected chi connectivity index (χ1v) is 11.6. The van der Waals surface area contributed by atoms with Crippen LogP contribution in [0.5, 0.6) is 0 Å². The first-order valence-electron chi connectivity index (χ1n) is 11.6. The molecule has 1 atom stereocenters. The first-order chi connectivity index (χ1) is 15.2. The minimum atomic E-state index is -0.677. The van der Waals surface area contributed by atoms with Gasteiger partial charge in [0.25, 0.3) is 5.91 Å². The van der Waals surface area contributed by atoms with E-state index in [2.05, 4.69) is 11.4 Å². The molecule has 0 spiro atoms. The van der Waals surface area contributed by atoms with Gasteiger partial charge in [-0.25, -0.2) is 0 Å². The number of nitrogens with zero attached hydrogens (tertiary/aromatic N) is 1. The fourth-order valence-electron chi connectivity index (χ4n) is 4.74. The smallest absolute Gasteiger partial charge is 0.290 e. The first kappa shape index (κ1) is 21.4. The Hall–Kier alpha value is -2.82. The molecule has 0 bridgehead atoms. The van der Waals surface area contributed by atoms with Crippen molar-refractivity contribution in [2.45, 2.75) is 69.9 Å². The summed E-state index contributed by atoms with van der Waals surface area (Å²) in [7, 11) is 0. The zero-order chi connectivity index (χ0) is 21.5. The Morgan fingerprint density at radius 2 is 1.84 bits per heavy atom. The van der Waals surface area contributed by atoms with Gasteiger partial charge in [0, 0.05) is 12.6 Å². The van der Waals surface area contributed by atoms with E-state index in [0.29, 0.717) is 6.54 Å². The summed E-state index contributed by atoms with van der Waals surface area (Å²) >= 11 is 0. The average molecular weight is 421 g/mol. The molecule has 5 heteroatoms. The van der Waals surface area contributed by atoms with Crippen molar-refractivity contribution in [2.75, 3.05) is 6.54 Å². The van der Waals surface area contributed by atoms with Crippen molar-refractivity contribution in [3.05, 3.63) is 71.7 Å². The summed E-state index contributed by atoms with van der Waals surface area (Å²) in [5.74, 6) is -0.0697. The van der Waals surface area contributed by atoms with Crippen LogP contribution in [0.15, 0.2) is 64.8 Å². The molecule has 1 aromatic carbocycles. The summed E-state index contributed by atoms with van der Waals surface area (Å²) in [6, 6.07) is 12.5. The monoisotopic (exact) mass is 420 g/mol. The molecule has 1 saturated carbocycles. The van der Waals surface area contributed by atoms with Crippen LogP contribution in [0.25, 0.3) is 0 Å². The molecule has 0 aliphatic heterocycles. The minimum Gasteiger partial charge on any atom is -0.459 e. The highest BCUT2D eigenvalue weighted by Crippen LogP contribution is 2.28. The van der Waals surface area contributed by atoms with Crippen LogP contribution in [0.3, 0.4) is 0 Å². The molecule has 2 amide bonds. The molecule has 1 fully saturated rings. The van der Waals surface area contributed by atoms with E-state index < -0.39 is 6.04 Å². The van der Waals surface area contributed by atoms with E-state index in [1.165, 1.54) is 24.7 Å². The zero-order valence-corrected chi connectivity index (χ0v) is 18.1. The number of benzene rings is 1. The Bertz CT molecular complexity index is 883. The number of carbonyl (C=O) groups is 2. The topological polar surface area (TPSA) is 62.6 Å². The maximum Gasteiger partial charge on any atom is 0.290 e. The van der Waals surface area contributed by atoms with E-state index in [9.17, 15) is 9.59 Å². The highest BCUT2D eigenvalue weighted by atomic mass is 16.3. The van der Waals surface area contributed by atoms with Gasteiger partial charge in [-0.1, -0.05) is 54.8 Å². The van der Waals surface area contributed by atoms with Gasteiger partial charge in [0.1, 0.15) is 6.04 Å². The highest BCUT2D eigenvalue weighted by molar-refractivity contribution is 5.96. The van der Waals surface area contributed by atoms with E-state index in [4.69, 9.17) is 4.42 Å². The lowest BCUT2D eigenvalue weighted by atomic mass is 9.96. The number of rotatable bonds is 8. The lowest BCUT2D eigenvalue weighted by molar-refractivity contribution is -0.126. The van der Waals surface area contributed by atoms with Crippen molar-refractivity contribution in [3.8, 4) is 0 Å². The molecule has 0 saturated heterocycles. The molecular weight excluding hydrogens is 388 g/mol. The quantitative estimate of drug-likeness (QED) is 0.581. The van der Waals surface area contributed by atoms with Gasteiger partial charge in [0.05, 0.1) is 6.26 Å². The molecule has 1 aromatic heterocycles. The number of nitrogens with one attached hydrogen (secondary N) is 1. The molecule has 2 aromatic rings. The second kappa shape index (κ2) is 10.5. The van der Waals surface area contributed by atoms with Crippen LogP contribution in [0.2, 0.25) is 0 Å². The van der Waals surface area contributed by atoms with Crippen LogP contribution in [-0.2, 0) is 4.79 Å². The van der Waals surface area contributed by atoms with E-state index >= 15 is 0 Å². The van der Waals surface area contributed by atoms with E-state index in [1.807, 2.05) is 30.3 Å². The number of furan rings is 1. The highest BCUT2D eigenvalue weighted by Gasteiger charge is 2.34. The average Bonchev–Trinajstić information content (AvgIpc) is 3.52. The lowest BCUT2D eigenvalue weighted by Crippen LogP contribution is -2.46. The third-order valence-electron chi connectivity index (χ3n) is 6.43. The van der Waals surface area contributed by atoms with Crippen LogP contribution in [0.4, 0.5) is 0 Å². The maximum absolute atomic E-state index is 13.5. The molecule has 1 N–H and O–H groups in total. The summed E-state index contributed by atoms with van der Waals surface area (Å²) in [6.07, 6.45) is 13.5. The van der Waals surface area contributed by atoms with Gasteiger partial charge < -0.3 is 14.6 Å². The van der Waals surface area contributed by atoms with Crippen LogP contribution in [-0.4, -0.2) is 29.3 Å². The molecule has 0 radical (unpaired) electrons. The summed E-state index contributed by atoms with van der Waals surface area (Å²) in [5.41, 5.74) is 2.21. The minimum absolute atomic E-state index is 0.101. The lowest BCUT2D eigenvalue weighted by Gasteiger charge is -2.32. The molecular formula is C26H32N2O3. The largest absolute Gasteiger partial charge is 0.459 e. The molecule has 31 heavy (non-hydrogen) atoms. The van der Waals surface area contributed by atoms with Crippen molar-refractivity contribution >= 4 is 11.8 Å². The van der Waals surface area contributed by atoms with Gasteiger partial charge in [-0.2, -0.15) is 0 Å². The normalized spacial score (nSPS) is 17.7. The molecule has 0 unspecified atom stereocenters. The van der Waals surface area contributed by atoms with Gasteiger partial charge in [0.15, 0.2) is 5.76 Å². The predicted octanol–water partition coefficient (Wildman–Crippen LogP) is 5.41. The molecule has 2 aliphatic rings. The Morgan fingerprint density at radius 3 is 2.52 bits per heavy atom. The van der Waals surface area contributed by atoms with Gasteiger partial charge >= 0.3 is 0 Å². The summed E-state index contributed by atoms with van der Waals surface area (Å²) in [4.78, 5) is 28.7. The van der Waals surface area contributed by atoms with E-state index in [1.54, 1.807) is 17.0 Å². The van der Waals surface area contributed by atoms with E-state index in [0.717, 1.165) is 50.5 Å². The third kappa shape index (κ3) is 5.46. The van der Waals surface area contributed by atoms with Crippen molar-refractivity contribution in [1.29, 1.82) is 0 Å². The fourth-order valence-corrected chi connectivity index (χ4v) is 4.74. The number of allylic oxidation sites excluding steroid dienone is 1. The van der Waals surface area contributed by atoms with Crippen LogP contribution >= 0.6 is 0 Å². The SMILES string of the molecule is O=C(NC1CCCC1)[C@@H](c1ccccc1)N(CCC1=CCCCC1)C(=O)c1ccco1. The van der Waals surface area contributed by atoms with Gasteiger partial charge in [0.2, 0.25) is 5.91 Å². The Balaban J connectivity index is 1.63. The number of hydrogen-bond acceptors (Lipinski definition) is 3. The predicted molar refractivity (Wildman–Crippen MR) is 120 cm³/mol. The second-order valence-electron chi connectivity index (χ2n) is 8.64. The summed E-state index contributed by atoms with van der Waals surface area (Å²) in [5, 5.41) is 3.22. The summed E-state index contributed by atoms with van der Waals surface area (Å²) < 4.78 is 5.43. The Kier molecular flexibility index (Phi) is 7.23. The van der Waals surface area contributed by atoms with Gasteiger partial charge in [-0.15, -0.1) is 0 Å². The standard InChI is InChI=1S/C26H32N2O3/c29-25(27-22-14-7-8-15-22)24(21-12-5-2-6-13-21)28(26(30)23-16-9-19-31-23)18-17-20-10-3-1-4-11-20/h2,5-6,9-10,12-13,16,19,22,24H,1,3-4,7-8,11,14-15,17-18H2,(H,27,29)/t24-/m1/s1. The number of amides is 2. The van der Waals surface area contributed by atoms with Gasteiger partial charge in [-0.3, -0.25) is 9.59 Å². The second-order valence-corrected chi connectivity index (χ2v) is 8.64. The van der Waals surface area contributed by atoms with Gasteiger partial charge in [-0.05, 0) is 62.6 Å². The zero-order valence-electron chi connectivity index (χ0n) is 18.1. The van der Waals surface area contributed by atoms with Crippen molar-refractivity contribution < 1.29 is 14.0 Å². The molecule has 164 valence electrons. The molecule has 4 rings (SSSR count). The van der Waals surface area contributed by atoms with Crippen LogP contribution in [0.1, 0.15) is 79.9 Å². The number of hydrogen-bond donors (Lipinski definition) is 1. The Morgan fingerprint density at radius 1 is 1.03 bits per heavy atom. The molecule has 5 nitrogen and oxygen atoms in total.